The van der Waals surface area contributed by atoms with Gasteiger partial charge in [-0.3, -0.25) is 9.69 Å². The minimum absolute atomic E-state index is 0.239. The minimum Gasteiger partial charge on any atom is -0.334 e. The predicted octanol–water partition coefficient (Wildman–Crippen LogP) is 1.65. The highest BCUT2D eigenvalue weighted by molar-refractivity contribution is 7.07. The molecule has 1 fully saturated rings. The molecule has 0 bridgehead atoms. The van der Waals surface area contributed by atoms with Crippen LogP contribution in [-0.2, 0) is 24.4 Å². The summed E-state index contributed by atoms with van der Waals surface area (Å²) in [5.41, 5.74) is 1.24. The van der Waals surface area contributed by atoms with Crippen molar-refractivity contribution in [1.82, 2.24) is 24.6 Å². The fourth-order valence-corrected chi connectivity index (χ4v) is 3.82. The SMILES string of the molecule is Cc1nnc2n1CCN(CC(=O)N(Cc1ccsc1)C1CC1)C2. The first kappa shape index (κ1) is 14.8. The number of hydrogen-bond acceptors (Lipinski definition) is 5. The van der Waals surface area contributed by atoms with Gasteiger partial charge in [0.05, 0.1) is 13.1 Å². The van der Waals surface area contributed by atoms with Gasteiger partial charge >= 0.3 is 0 Å². The molecular weight excluding hydrogens is 310 g/mol. The van der Waals surface area contributed by atoms with Crippen molar-refractivity contribution in [2.24, 2.45) is 0 Å². The normalized spacial score (nSPS) is 18.0. The first-order valence-electron chi connectivity index (χ1n) is 8.12. The van der Waals surface area contributed by atoms with E-state index in [1.165, 1.54) is 5.56 Å². The molecule has 1 saturated carbocycles. The molecule has 2 aromatic heterocycles. The first-order chi connectivity index (χ1) is 11.2. The lowest BCUT2D eigenvalue weighted by Crippen LogP contribution is -2.44. The Kier molecular flexibility index (Phi) is 3.90. The quantitative estimate of drug-likeness (QED) is 0.836. The van der Waals surface area contributed by atoms with Crippen LogP contribution in [-0.4, -0.2) is 49.6 Å². The van der Waals surface area contributed by atoms with Crippen molar-refractivity contribution >= 4 is 17.2 Å². The standard InChI is InChI=1S/C16H21N5OS/c1-12-17-18-15-9-19(5-6-20(12)15)10-16(22)21(14-2-3-14)8-13-4-7-23-11-13/h4,7,11,14H,2-3,5-6,8-10H2,1H3. The van der Waals surface area contributed by atoms with Gasteiger partial charge in [0.1, 0.15) is 11.6 Å². The summed E-state index contributed by atoms with van der Waals surface area (Å²) in [4.78, 5) is 17.0. The molecule has 0 atom stereocenters. The van der Waals surface area contributed by atoms with E-state index in [-0.39, 0.29) is 5.91 Å². The number of rotatable bonds is 5. The Hall–Kier alpha value is -1.73. The number of carbonyl (C=O) groups excluding carboxylic acids is 1. The average molecular weight is 331 g/mol. The number of carbonyl (C=O) groups is 1. The molecule has 7 heteroatoms. The Labute approximate surface area is 139 Å². The van der Waals surface area contributed by atoms with Crippen LogP contribution in [0, 0.1) is 6.92 Å². The molecule has 1 aliphatic heterocycles. The lowest BCUT2D eigenvalue weighted by molar-refractivity contribution is -0.134. The van der Waals surface area contributed by atoms with Crippen molar-refractivity contribution in [3.63, 3.8) is 0 Å². The molecular formula is C16H21N5OS. The summed E-state index contributed by atoms with van der Waals surface area (Å²) in [6.07, 6.45) is 2.28. The number of fused-ring (bicyclic) bond motifs is 1. The monoisotopic (exact) mass is 331 g/mol. The van der Waals surface area contributed by atoms with Crippen molar-refractivity contribution in [1.29, 1.82) is 0 Å². The van der Waals surface area contributed by atoms with Gasteiger partial charge in [0.15, 0.2) is 0 Å². The molecule has 0 saturated heterocycles. The van der Waals surface area contributed by atoms with Crippen LogP contribution in [0.25, 0.3) is 0 Å². The Bertz CT molecular complexity index is 691. The van der Waals surface area contributed by atoms with Crippen LogP contribution in [0.4, 0.5) is 0 Å². The number of aromatic nitrogens is 3. The number of amides is 1. The zero-order valence-corrected chi connectivity index (χ0v) is 14.1. The zero-order valence-electron chi connectivity index (χ0n) is 13.3. The third-order valence-corrected chi connectivity index (χ3v) is 5.35. The molecule has 0 N–H and O–H groups in total. The van der Waals surface area contributed by atoms with Crippen molar-refractivity contribution in [3.8, 4) is 0 Å². The van der Waals surface area contributed by atoms with Crippen LogP contribution in [0.2, 0.25) is 0 Å². The summed E-state index contributed by atoms with van der Waals surface area (Å²) in [5, 5.41) is 12.5. The van der Waals surface area contributed by atoms with Gasteiger partial charge in [-0.1, -0.05) is 0 Å². The molecule has 0 unspecified atom stereocenters. The van der Waals surface area contributed by atoms with Gasteiger partial charge < -0.3 is 9.47 Å². The van der Waals surface area contributed by atoms with Gasteiger partial charge in [-0.2, -0.15) is 11.3 Å². The van der Waals surface area contributed by atoms with Crippen LogP contribution in [0.1, 0.15) is 30.1 Å². The van der Waals surface area contributed by atoms with Crippen molar-refractivity contribution in [2.75, 3.05) is 13.1 Å². The summed E-state index contributed by atoms with van der Waals surface area (Å²) in [6.45, 7) is 5.67. The maximum atomic E-state index is 12.8. The summed E-state index contributed by atoms with van der Waals surface area (Å²) in [7, 11) is 0. The lowest BCUT2D eigenvalue weighted by atomic mass is 10.2. The van der Waals surface area contributed by atoms with Crippen LogP contribution < -0.4 is 0 Å². The highest BCUT2D eigenvalue weighted by atomic mass is 32.1. The second-order valence-corrected chi connectivity index (χ2v) is 7.19. The van der Waals surface area contributed by atoms with E-state index in [0.717, 1.165) is 44.1 Å². The van der Waals surface area contributed by atoms with Crippen molar-refractivity contribution < 1.29 is 4.79 Å². The van der Waals surface area contributed by atoms with E-state index >= 15 is 0 Å². The van der Waals surface area contributed by atoms with E-state index in [1.54, 1.807) is 11.3 Å². The Balaban J connectivity index is 1.40. The topological polar surface area (TPSA) is 54.3 Å². The molecule has 2 aliphatic rings. The fraction of sp³-hybridized carbons (Fsp3) is 0.562. The van der Waals surface area contributed by atoms with Crippen LogP contribution in [0.3, 0.4) is 0 Å². The Morgan fingerprint density at radius 2 is 2.26 bits per heavy atom. The van der Waals surface area contributed by atoms with Crippen molar-refractivity contribution in [2.45, 2.75) is 45.4 Å². The molecule has 1 amide bonds. The third kappa shape index (κ3) is 3.16. The van der Waals surface area contributed by atoms with E-state index in [4.69, 9.17) is 0 Å². The smallest absolute Gasteiger partial charge is 0.237 e. The molecule has 3 heterocycles. The lowest BCUT2D eigenvalue weighted by Gasteiger charge is -2.30. The van der Waals surface area contributed by atoms with Crippen molar-refractivity contribution in [3.05, 3.63) is 34.0 Å². The maximum absolute atomic E-state index is 12.8. The summed E-state index contributed by atoms with van der Waals surface area (Å²) >= 11 is 1.69. The summed E-state index contributed by atoms with van der Waals surface area (Å²) < 4.78 is 2.14. The molecule has 0 radical (unpaired) electrons. The summed E-state index contributed by atoms with van der Waals surface area (Å²) in [6, 6.07) is 2.55. The van der Waals surface area contributed by atoms with Crippen LogP contribution >= 0.6 is 11.3 Å². The number of hydrogen-bond donors (Lipinski definition) is 0. The van der Waals surface area contributed by atoms with Gasteiger partial charge in [-0.15, -0.1) is 10.2 Å². The molecule has 4 rings (SSSR count). The molecule has 23 heavy (non-hydrogen) atoms. The zero-order chi connectivity index (χ0) is 15.8. The summed E-state index contributed by atoms with van der Waals surface area (Å²) in [5.74, 6) is 2.17. The first-order valence-corrected chi connectivity index (χ1v) is 9.06. The molecule has 1 aliphatic carbocycles. The van der Waals surface area contributed by atoms with E-state index in [0.29, 0.717) is 19.1 Å². The molecule has 0 aromatic carbocycles. The van der Waals surface area contributed by atoms with Gasteiger partial charge in [0.2, 0.25) is 5.91 Å². The highest BCUT2D eigenvalue weighted by Crippen LogP contribution is 2.29. The number of aryl methyl sites for hydroxylation is 1. The van der Waals surface area contributed by atoms with E-state index in [1.807, 2.05) is 6.92 Å². The van der Waals surface area contributed by atoms with Crippen LogP contribution in [0.15, 0.2) is 16.8 Å². The average Bonchev–Trinajstić information content (AvgIpc) is 3.13. The Morgan fingerprint density at radius 1 is 1.39 bits per heavy atom. The largest absolute Gasteiger partial charge is 0.334 e. The van der Waals surface area contributed by atoms with Gasteiger partial charge in [-0.25, -0.2) is 0 Å². The van der Waals surface area contributed by atoms with E-state index < -0.39 is 0 Å². The van der Waals surface area contributed by atoms with E-state index in [9.17, 15) is 4.79 Å². The molecule has 122 valence electrons. The van der Waals surface area contributed by atoms with E-state index in [2.05, 4.69) is 41.4 Å². The Morgan fingerprint density at radius 3 is 3.00 bits per heavy atom. The fourth-order valence-electron chi connectivity index (χ4n) is 3.16. The second-order valence-electron chi connectivity index (χ2n) is 6.41. The van der Waals surface area contributed by atoms with Gasteiger partial charge in [0, 0.05) is 25.7 Å². The number of thiophene rings is 1. The third-order valence-electron chi connectivity index (χ3n) is 4.62. The van der Waals surface area contributed by atoms with Crippen LogP contribution in [0.5, 0.6) is 0 Å². The second kappa shape index (κ2) is 6.05. The maximum Gasteiger partial charge on any atom is 0.237 e. The molecule has 2 aromatic rings. The number of nitrogens with zero attached hydrogens (tertiary/aromatic N) is 5. The molecule has 0 spiro atoms. The van der Waals surface area contributed by atoms with Gasteiger partial charge in [-0.05, 0) is 42.2 Å². The van der Waals surface area contributed by atoms with Gasteiger partial charge in [0.25, 0.3) is 0 Å². The highest BCUT2D eigenvalue weighted by Gasteiger charge is 2.33. The molecule has 6 nitrogen and oxygen atoms in total. The minimum atomic E-state index is 0.239. The predicted molar refractivity (Wildman–Crippen MR) is 87.9 cm³/mol.